The highest BCUT2D eigenvalue weighted by atomic mass is 35.5. The Morgan fingerprint density at radius 1 is 0.792 bits per heavy atom. The van der Waals surface area contributed by atoms with Crippen LogP contribution in [0.3, 0.4) is 0 Å². The Hall–Kier alpha value is -2.29. The van der Waals surface area contributed by atoms with Gasteiger partial charge in [0.05, 0.1) is 16.4 Å². The summed E-state index contributed by atoms with van der Waals surface area (Å²) in [4.78, 5) is 4.81. The summed E-state index contributed by atoms with van der Waals surface area (Å²) in [7, 11) is 0. The van der Waals surface area contributed by atoms with Gasteiger partial charge in [-0.25, -0.2) is 4.98 Å². The Balaban J connectivity index is 1.91. The molecule has 0 atom stereocenters. The maximum Gasteiger partial charge on any atom is 0.137 e. The fraction of sp³-hybridized carbons (Fsp3) is 0.0500. The van der Waals surface area contributed by atoms with Gasteiger partial charge in [-0.2, -0.15) is 0 Å². The number of imidazole rings is 1. The molecule has 0 spiro atoms. The van der Waals surface area contributed by atoms with Crippen molar-refractivity contribution in [2.24, 2.45) is 0 Å². The van der Waals surface area contributed by atoms with Gasteiger partial charge in [0, 0.05) is 23.2 Å². The Morgan fingerprint density at radius 3 is 2.25 bits per heavy atom. The molecule has 0 saturated heterocycles. The lowest BCUT2D eigenvalue weighted by molar-refractivity contribution is 1.03. The molecule has 2 nitrogen and oxygen atoms in total. The van der Waals surface area contributed by atoms with Crippen LogP contribution in [0.5, 0.6) is 0 Å². The number of fused-ring (bicyclic) bond motifs is 1. The van der Waals surface area contributed by atoms with Crippen LogP contribution in [-0.4, -0.2) is 9.38 Å². The third-order valence-electron chi connectivity index (χ3n) is 4.01. The van der Waals surface area contributed by atoms with Gasteiger partial charge in [-0.15, -0.1) is 0 Å². The maximum atomic E-state index is 6.20. The Labute approximate surface area is 150 Å². The summed E-state index contributed by atoms with van der Waals surface area (Å²) in [5, 5.41) is 1.41. The van der Waals surface area contributed by atoms with Crippen LogP contribution in [-0.2, 0) is 6.42 Å². The SMILES string of the molecule is Clc1ccc(-c2nc3ccc(Cl)cn3c2Cc2ccccc2)cc1. The zero-order valence-electron chi connectivity index (χ0n) is 12.8. The average molecular weight is 353 g/mol. The second-order valence-corrected chi connectivity index (χ2v) is 6.52. The lowest BCUT2D eigenvalue weighted by Gasteiger charge is -2.06. The molecule has 0 aliphatic carbocycles. The van der Waals surface area contributed by atoms with Gasteiger partial charge in [0.1, 0.15) is 5.65 Å². The van der Waals surface area contributed by atoms with Gasteiger partial charge < -0.3 is 4.40 Å². The van der Waals surface area contributed by atoms with Crippen molar-refractivity contribution >= 4 is 28.8 Å². The van der Waals surface area contributed by atoms with Crippen molar-refractivity contribution in [1.82, 2.24) is 9.38 Å². The van der Waals surface area contributed by atoms with Crippen molar-refractivity contribution < 1.29 is 0 Å². The minimum Gasteiger partial charge on any atom is -0.302 e. The number of hydrogen-bond acceptors (Lipinski definition) is 1. The van der Waals surface area contributed by atoms with Crippen LogP contribution in [0.2, 0.25) is 10.0 Å². The van der Waals surface area contributed by atoms with Crippen LogP contribution in [0, 0.1) is 0 Å². The van der Waals surface area contributed by atoms with Crippen molar-refractivity contribution in [3.8, 4) is 11.3 Å². The molecular weight excluding hydrogens is 339 g/mol. The first-order valence-corrected chi connectivity index (χ1v) is 8.43. The molecule has 2 aromatic carbocycles. The molecule has 0 fully saturated rings. The molecule has 0 bridgehead atoms. The number of pyridine rings is 1. The van der Waals surface area contributed by atoms with E-state index in [1.165, 1.54) is 5.56 Å². The van der Waals surface area contributed by atoms with E-state index in [1.54, 1.807) is 0 Å². The largest absolute Gasteiger partial charge is 0.302 e. The third kappa shape index (κ3) is 2.91. The Morgan fingerprint density at radius 2 is 1.50 bits per heavy atom. The predicted molar refractivity (Wildman–Crippen MR) is 99.9 cm³/mol. The molecule has 24 heavy (non-hydrogen) atoms. The van der Waals surface area contributed by atoms with E-state index in [2.05, 4.69) is 16.5 Å². The van der Waals surface area contributed by atoms with E-state index < -0.39 is 0 Å². The van der Waals surface area contributed by atoms with Crippen LogP contribution >= 0.6 is 23.2 Å². The number of nitrogens with zero attached hydrogens (tertiary/aromatic N) is 2. The van der Waals surface area contributed by atoms with Crippen LogP contribution in [0.15, 0.2) is 72.9 Å². The zero-order chi connectivity index (χ0) is 16.5. The number of halogens is 2. The van der Waals surface area contributed by atoms with Crippen molar-refractivity contribution in [1.29, 1.82) is 0 Å². The van der Waals surface area contributed by atoms with Gasteiger partial charge in [0.15, 0.2) is 0 Å². The normalized spacial score (nSPS) is 11.1. The smallest absolute Gasteiger partial charge is 0.137 e. The lowest BCUT2D eigenvalue weighted by atomic mass is 10.0. The van der Waals surface area contributed by atoms with Gasteiger partial charge in [0.2, 0.25) is 0 Å². The molecule has 2 heterocycles. The first-order chi connectivity index (χ1) is 11.7. The van der Waals surface area contributed by atoms with E-state index in [4.69, 9.17) is 28.2 Å². The van der Waals surface area contributed by atoms with Crippen LogP contribution in [0.25, 0.3) is 16.9 Å². The lowest BCUT2D eigenvalue weighted by Crippen LogP contribution is -1.96. The summed E-state index contributed by atoms with van der Waals surface area (Å²) in [5.41, 5.74) is 5.23. The van der Waals surface area contributed by atoms with Crippen molar-refractivity contribution in [2.45, 2.75) is 6.42 Å². The monoisotopic (exact) mass is 352 g/mol. The molecule has 0 unspecified atom stereocenters. The third-order valence-corrected chi connectivity index (χ3v) is 4.49. The fourth-order valence-corrected chi connectivity index (χ4v) is 3.15. The van der Waals surface area contributed by atoms with E-state index in [1.807, 2.05) is 60.8 Å². The van der Waals surface area contributed by atoms with Crippen molar-refractivity contribution in [2.75, 3.05) is 0 Å². The molecule has 4 rings (SSSR count). The molecular formula is C20H14Cl2N2. The highest BCUT2D eigenvalue weighted by Gasteiger charge is 2.15. The highest BCUT2D eigenvalue weighted by molar-refractivity contribution is 6.30. The molecule has 0 saturated carbocycles. The fourth-order valence-electron chi connectivity index (χ4n) is 2.86. The van der Waals surface area contributed by atoms with Crippen LogP contribution in [0.1, 0.15) is 11.3 Å². The molecule has 0 aliphatic rings. The number of rotatable bonds is 3. The summed E-state index contributed by atoms with van der Waals surface area (Å²) in [6, 6.07) is 21.9. The van der Waals surface area contributed by atoms with Gasteiger partial charge >= 0.3 is 0 Å². The van der Waals surface area contributed by atoms with E-state index in [0.717, 1.165) is 34.0 Å². The topological polar surface area (TPSA) is 17.3 Å². The van der Waals surface area contributed by atoms with Gasteiger partial charge in [0.25, 0.3) is 0 Å². The molecule has 0 N–H and O–H groups in total. The Kier molecular flexibility index (Phi) is 4.01. The predicted octanol–water partition coefficient (Wildman–Crippen LogP) is 5.90. The summed E-state index contributed by atoms with van der Waals surface area (Å²) < 4.78 is 2.07. The molecule has 2 aromatic heterocycles. The molecule has 0 radical (unpaired) electrons. The average Bonchev–Trinajstić information content (AvgIpc) is 2.94. The standard InChI is InChI=1S/C20H14Cl2N2/c21-16-8-6-15(7-9-16)20-18(12-14-4-2-1-3-5-14)24-13-17(22)10-11-19(24)23-20/h1-11,13H,12H2. The minimum absolute atomic E-state index is 0.692. The molecule has 118 valence electrons. The molecule has 0 aliphatic heterocycles. The number of hydrogen-bond donors (Lipinski definition) is 0. The molecule has 4 heteroatoms. The maximum absolute atomic E-state index is 6.20. The highest BCUT2D eigenvalue weighted by Crippen LogP contribution is 2.28. The minimum atomic E-state index is 0.692. The summed E-state index contributed by atoms with van der Waals surface area (Å²) in [6.07, 6.45) is 2.70. The van der Waals surface area contributed by atoms with Crippen molar-refractivity contribution in [3.63, 3.8) is 0 Å². The molecule has 4 aromatic rings. The van der Waals surface area contributed by atoms with E-state index in [9.17, 15) is 0 Å². The summed E-state index contributed by atoms with van der Waals surface area (Å²) >= 11 is 12.2. The van der Waals surface area contributed by atoms with Gasteiger partial charge in [-0.05, 0) is 29.8 Å². The quantitative estimate of drug-likeness (QED) is 0.448. The van der Waals surface area contributed by atoms with Crippen molar-refractivity contribution in [3.05, 3.63) is 94.2 Å². The first-order valence-electron chi connectivity index (χ1n) is 7.67. The summed E-state index contributed by atoms with van der Waals surface area (Å²) in [5.74, 6) is 0. The zero-order valence-corrected chi connectivity index (χ0v) is 14.3. The Bertz CT molecular complexity index is 990. The second-order valence-electron chi connectivity index (χ2n) is 5.65. The number of aromatic nitrogens is 2. The van der Waals surface area contributed by atoms with E-state index in [-0.39, 0.29) is 0 Å². The van der Waals surface area contributed by atoms with Gasteiger partial charge in [-0.1, -0.05) is 65.7 Å². The summed E-state index contributed by atoms with van der Waals surface area (Å²) in [6.45, 7) is 0. The van der Waals surface area contributed by atoms with E-state index >= 15 is 0 Å². The molecule has 0 amide bonds. The van der Waals surface area contributed by atoms with Crippen LogP contribution < -0.4 is 0 Å². The van der Waals surface area contributed by atoms with E-state index in [0.29, 0.717) is 5.02 Å². The second kappa shape index (κ2) is 6.31. The van der Waals surface area contributed by atoms with Gasteiger partial charge in [-0.3, -0.25) is 0 Å². The number of benzene rings is 2. The first kappa shape index (κ1) is 15.3. The van der Waals surface area contributed by atoms with Crippen LogP contribution in [0.4, 0.5) is 0 Å².